The minimum atomic E-state index is -0.522. The van der Waals surface area contributed by atoms with Gasteiger partial charge in [0.25, 0.3) is 0 Å². The van der Waals surface area contributed by atoms with Crippen LogP contribution >= 0.6 is 35.6 Å². The topological polar surface area (TPSA) is 60.9 Å². The van der Waals surface area contributed by atoms with Gasteiger partial charge in [0.15, 0.2) is 5.78 Å². The van der Waals surface area contributed by atoms with E-state index in [1.807, 2.05) is 24.3 Å². The number of hydrogen-bond acceptors (Lipinski definition) is 6. The molecule has 6 nitrogen and oxygen atoms in total. The van der Waals surface area contributed by atoms with Gasteiger partial charge in [-0.25, -0.2) is 4.90 Å². The van der Waals surface area contributed by atoms with Crippen molar-refractivity contribution >= 4 is 68.9 Å². The molecule has 2 aliphatic rings. The van der Waals surface area contributed by atoms with Crippen molar-refractivity contribution in [3.8, 4) is 0 Å². The van der Waals surface area contributed by atoms with Crippen molar-refractivity contribution in [3.05, 3.63) is 59.1 Å². The maximum absolute atomic E-state index is 12.9. The Hall–Kier alpha value is -2.42. The molecule has 2 amide bonds. The average Bonchev–Trinajstić information content (AvgIpc) is 3.06. The second kappa shape index (κ2) is 9.60. The molecule has 4 rings (SSSR count). The zero-order chi connectivity index (χ0) is 22.8. The van der Waals surface area contributed by atoms with Crippen molar-refractivity contribution in [2.75, 3.05) is 36.0 Å². The van der Waals surface area contributed by atoms with E-state index >= 15 is 0 Å². The molecule has 0 spiro atoms. The highest BCUT2D eigenvalue weighted by molar-refractivity contribution is 8.23. The van der Waals surface area contributed by atoms with Gasteiger partial charge in [0.1, 0.15) is 9.57 Å². The third-order valence-corrected chi connectivity index (χ3v) is 7.49. The number of thioether (sulfide) groups is 1. The van der Waals surface area contributed by atoms with Gasteiger partial charge in [-0.1, -0.05) is 41.6 Å². The quantitative estimate of drug-likeness (QED) is 0.367. The molecule has 0 bridgehead atoms. The Morgan fingerprint density at radius 3 is 2.34 bits per heavy atom. The highest BCUT2D eigenvalue weighted by atomic mass is 35.5. The first-order chi connectivity index (χ1) is 15.3. The largest absolute Gasteiger partial charge is 0.368 e. The zero-order valence-corrected chi connectivity index (χ0v) is 19.9. The Kier molecular flexibility index (Phi) is 6.83. The van der Waals surface area contributed by atoms with Crippen LogP contribution in [0.5, 0.6) is 0 Å². The SMILES string of the molecule is CC(=O)c1ccc(N2CCN(C(=S)S[C@@H]3CC(=O)N(c4cccc(Cl)c4)C3=O)CC2)cc1. The van der Waals surface area contributed by atoms with E-state index in [0.717, 1.165) is 31.9 Å². The number of imide groups is 1. The lowest BCUT2D eigenvalue weighted by Gasteiger charge is -2.37. The molecule has 0 aliphatic carbocycles. The number of piperazine rings is 1. The van der Waals surface area contributed by atoms with Crippen molar-refractivity contribution in [1.29, 1.82) is 0 Å². The number of carbonyl (C=O) groups excluding carboxylic acids is 3. The number of ketones is 1. The molecule has 2 heterocycles. The summed E-state index contributed by atoms with van der Waals surface area (Å²) in [5, 5.41) is -0.0466. The number of carbonyl (C=O) groups is 3. The molecule has 2 saturated heterocycles. The van der Waals surface area contributed by atoms with Gasteiger partial charge in [0, 0.05) is 48.9 Å². The fourth-order valence-corrected chi connectivity index (χ4v) is 5.56. The summed E-state index contributed by atoms with van der Waals surface area (Å²) < 4.78 is 0.635. The summed E-state index contributed by atoms with van der Waals surface area (Å²) >= 11 is 12.9. The Balaban J connectivity index is 1.33. The molecular weight excluding hydrogens is 466 g/mol. The maximum Gasteiger partial charge on any atom is 0.247 e. The molecule has 0 aromatic heterocycles. The predicted octanol–water partition coefficient (Wildman–Crippen LogP) is 4.01. The van der Waals surface area contributed by atoms with Crippen molar-refractivity contribution in [2.24, 2.45) is 0 Å². The summed E-state index contributed by atoms with van der Waals surface area (Å²) in [5.74, 6) is -0.442. The summed E-state index contributed by atoms with van der Waals surface area (Å²) in [6.45, 7) is 4.59. The van der Waals surface area contributed by atoms with Crippen LogP contribution in [0.25, 0.3) is 0 Å². The minimum absolute atomic E-state index is 0.0533. The number of rotatable bonds is 4. The molecule has 0 unspecified atom stereocenters. The molecule has 2 aromatic carbocycles. The number of halogens is 1. The number of Topliss-reactive ketones (excluding diaryl/α,β-unsaturated/α-hetero) is 1. The van der Waals surface area contributed by atoms with Crippen molar-refractivity contribution in [1.82, 2.24) is 4.90 Å². The van der Waals surface area contributed by atoms with E-state index in [4.69, 9.17) is 23.8 Å². The van der Waals surface area contributed by atoms with Crippen LogP contribution in [0.1, 0.15) is 23.7 Å². The van der Waals surface area contributed by atoms with Crippen LogP contribution in [0.3, 0.4) is 0 Å². The van der Waals surface area contributed by atoms with Crippen LogP contribution in [0, 0.1) is 0 Å². The van der Waals surface area contributed by atoms with Gasteiger partial charge in [-0.15, -0.1) is 0 Å². The number of nitrogens with zero attached hydrogens (tertiary/aromatic N) is 3. The molecular formula is C23H22ClN3O3S2. The number of amides is 2. The lowest BCUT2D eigenvalue weighted by Crippen LogP contribution is -2.48. The Morgan fingerprint density at radius 1 is 1.03 bits per heavy atom. The molecule has 2 aromatic rings. The summed E-state index contributed by atoms with van der Waals surface area (Å²) in [4.78, 5) is 42.4. The summed E-state index contributed by atoms with van der Waals surface area (Å²) in [6.07, 6.45) is 0.124. The van der Waals surface area contributed by atoms with E-state index in [2.05, 4.69) is 9.80 Å². The van der Waals surface area contributed by atoms with E-state index in [1.54, 1.807) is 31.2 Å². The van der Waals surface area contributed by atoms with E-state index in [-0.39, 0.29) is 24.0 Å². The molecule has 0 N–H and O–H groups in total. The number of hydrogen-bond donors (Lipinski definition) is 0. The van der Waals surface area contributed by atoms with Gasteiger partial charge in [0.05, 0.1) is 5.69 Å². The highest BCUT2D eigenvalue weighted by Gasteiger charge is 2.41. The van der Waals surface area contributed by atoms with Gasteiger partial charge in [-0.3, -0.25) is 14.4 Å². The first-order valence-corrected chi connectivity index (χ1v) is 11.9. The summed E-state index contributed by atoms with van der Waals surface area (Å²) in [6, 6.07) is 14.4. The van der Waals surface area contributed by atoms with Gasteiger partial charge < -0.3 is 9.80 Å². The van der Waals surface area contributed by atoms with Crippen LogP contribution in [0.2, 0.25) is 5.02 Å². The fraction of sp³-hybridized carbons (Fsp3) is 0.304. The fourth-order valence-electron chi connectivity index (χ4n) is 3.83. The van der Waals surface area contributed by atoms with Gasteiger partial charge >= 0.3 is 0 Å². The van der Waals surface area contributed by atoms with E-state index in [1.165, 1.54) is 16.7 Å². The van der Waals surface area contributed by atoms with Crippen molar-refractivity contribution < 1.29 is 14.4 Å². The molecule has 0 saturated carbocycles. The predicted molar refractivity (Wildman–Crippen MR) is 133 cm³/mol. The Morgan fingerprint density at radius 2 is 1.72 bits per heavy atom. The third-order valence-electron chi connectivity index (χ3n) is 5.59. The van der Waals surface area contributed by atoms with Crippen LogP contribution < -0.4 is 9.80 Å². The molecule has 2 fully saturated rings. The smallest absolute Gasteiger partial charge is 0.247 e. The lowest BCUT2D eigenvalue weighted by molar-refractivity contribution is -0.121. The monoisotopic (exact) mass is 487 g/mol. The van der Waals surface area contributed by atoms with Gasteiger partial charge in [-0.2, -0.15) is 0 Å². The first kappa shape index (κ1) is 22.8. The standard InChI is InChI=1S/C23H22ClN3O3S2/c1-15(28)16-5-7-18(8-6-16)25-9-11-26(12-10-25)23(31)32-20-14-21(29)27(22(20)30)19-4-2-3-17(24)13-19/h2-8,13,20H,9-12,14H2,1H3/t20-/m1/s1. The molecule has 9 heteroatoms. The van der Waals surface area contributed by atoms with E-state index in [9.17, 15) is 14.4 Å². The van der Waals surface area contributed by atoms with Gasteiger partial charge in [0.2, 0.25) is 11.8 Å². The van der Waals surface area contributed by atoms with Crippen molar-refractivity contribution in [2.45, 2.75) is 18.6 Å². The second-order valence-corrected chi connectivity index (χ2v) is 9.97. The molecule has 166 valence electrons. The van der Waals surface area contributed by atoms with E-state index in [0.29, 0.717) is 20.6 Å². The van der Waals surface area contributed by atoms with Crippen LogP contribution in [0.15, 0.2) is 48.5 Å². The second-order valence-electron chi connectivity index (χ2n) is 7.70. The number of anilines is 2. The minimum Gasteiger partial charge on any atom is -0.368 e. The average molecular weight is 488 g/mol. The van der Waals surface area contributed by atoms with Crippen LogP contribution in [-0.4, -0.2) is 58.2 Å². The highest BCUT2D eigenvalue weighted by Crippen LogP contribution is 2.32. The first-order valence-electron chi connectivity index (χ1n) is 10.3. The van der Waals surface area contributed by atoms with Crippen LogP contribution in [-0.2, 0) is 9.59 Å². The molecule has 0 radical (unpaired) electrons. The zero-order valence-electron chi connectivity index (χ0n) is 17.5. The third kappa shape index (κ3) is 4.82. The maximum atomic E-state index is 12.9. The Bertz CT molecular complexity index is 1070. The summed E-state index contributed by atoms with van der Waals surface area (Å²) in [7, 11) is 0. The van der Waals surface area contributed by atoms with Crippen molar-refractivity contribution in [3.63, 3.8) is 0 Å². The van der Waals surface area contributed by atoms with E-state index < -0.39 is 5.25 Å². The summed E-state index contributed by atoms with van der Waals surface area (Å²) in [5.41, 5.74) is 2.26. The Labute approximate surface area is 201 Å². The number of thiocarbonyl (C=S) groups is 1. The van der Waals surface area contributed by atoms with Crippen LogP contribution in [0.4, 0.5) is 11.4 Å². The normalized spacial score (nSPS) is 18.9. The molecule has 1 atom stereocenters. The number of benzene rings is 2. The lowest BCUT2D eigenvalue weighted by atomic mass is 10.1. The van der Waals surface area contributed by atoms with Gasteiger partial charge in [-0.05, 0) is 49.4 Å². The molecule has 32 heavy (non-hydrogen) atoms. The molecule has 2 aliphatic heterocycles.